The van der Waals surface area contributed by atoms with Crippen LogP contribution in [0, 0.1) is 0 Å². The van der Waals surface area contributed by atoms with E-state index in [-0.39, 0.29) is 5.15 Å². The van der Waals surface area contributed by atoms with E-state index in [0.717, 1.165) is 25.7 Å². The van der Waals surface area contributed by atoms with Crippen molar-refractivity contribution in [3.63, 3.8) is 0 Å². The predicted molar refractivity (Wildman–Crippen MR) is 65.5 cm³/mol. The molecular weight excluding hydrogens is 242 g/mol. The van der Waals surface area contributed by atoms with Gasteiger partial charge in [-0.15, -0.1) is 0 Å². The average molecular weight is 258 g/mol. The van der Waals surface area contributed by atoms with Crippen molar-refractivity contribution >= 4 is 17.4 Å². The van der Waals surface area contributed by atoms with Gasteiger partial charge in [0.25, 0.3) is 0 Å². The maximum Gasteiger partial charge on any atom is 0.198 e. The van der Waals surface area contributed by atoms with Gasteiger partial charge in [-0.3, -0.25) is 0 Å². The molecule has 0 aromatic carbocycles. The highest BCUT2D eigenvalue weighted by Crippen LogP contribution is 2.32. The highest BCUT2D eigenvalue weighted by atomic mass is 35.5. The average Bonchev–Trinajstić information content (AvgIpc) is 2.74. The van der Waals surface area contributed by atoms with Crippen molar-refractivity contribution in [2.75, 3.05) is 19.0 Å². The lowest BCUT2D eigenvalue weighted by molar-refractivity contribution is 0.0613. The zero-order valence-electron chi connectivity index (χ0n) is 9.74. The molecule has 1 saturated carbocycles. The van der Waals surface area contributed by atoms with Gasteiger partial charge in [-0.05, 0) is 12.8 Å². The molecule has 94 valence electrons. The predicted octanol–water partition coefficient (Wildman–Crippen LogP) is 1.86. The highest BCUT2D eigenvalue weighted by molar-refractivity contribution is 6.31. The van der Waals surface area contributed by atoms with Crippen molar-refractivity contribution in [2.45, 2.75) is 31.3 Å². The van der Waals surface area contributed by atoms with E-state index in [1.165, 1.54) is 13.4 Å². The van der Waals surface area contributed by atoms with Gasteiger partial charge in [0, 0.05) is 6.54 Å². The van der Waals surface area contributed by atoms with Crippen LogP contribution in [0.2, 0.25) is 5.15 Å². The number of anilines is 1. The second kappa shape index (κ2) is 5.06. The fraction of sp³-hybridized carbons (Fsp3) is 0.636. The molecule has 1 heterocycles. The van der Waals surface area contributed by atoms with Crippen LogP contribution in [0.5, 0.6) is 5.75 Å². The number of rotatable bonds is 4. The smallest absolute Gasteiger partial charge is 0.198 e. The van der Waals surface area contributed by atoms with Crippen molar-refractivity contribution in [3.05, 3.63) is 11.5 Å². The van der Waals surface area contributed by atoms with Crippen LogP contribution in [0.4, 0.5) is 5.82 Å². The Balaban J connectivity index is 2.06. The molecule has 0 aliphatic heterocycles. The highest BCUT2D eigenvalue weighted by Gasteiger charge is 2.31. The molecule has 0 atom stereocenters. The largest absolute Gasteiger partial charge is 0.490 e. The molecule has 0 radical (unpaired) electrons. The lowest BCUT2D eigenvalue weighted by Gasteiger charge is -2.23. The van der Waals surface area contributed by atoms with Crippen LogP contribution < -0.4 is 10.1 Å². The second-order valence-electron chi connectivity index (χ2n) is 4.33. The van der Waals surface area contributed by atoms with Crippen LogP contribution in [0.25, 0.3) is 0 Å². The van der Waals surface area contributed by atoms with Crippen molar-refractivity contribution in [3.8, 4) is 5.75 Å². The van der Waals surface area contributed by atoms with E-state index in [2.05, 4.69) is 15.3 Å². The summed E-state index contributed by atoms with van der Waals surface area (Å²) in [6.07, 6.45) is 5.15. The lowest BCUT2D eigenvalue weighted by atomic mass is 10.0. The van der Waals surface area contributed by atoms with Crippen molar-refractivity contribution in [1.82, 2.24) is 9.97 Å². The summed E-state index contributed by atoms with van der Waals surface area (Å²) < 4.78 is 5.12. The Bertz CT molecular complexity index is 394. The summed E-state index contributed by atoms with van der Waals surface area (Å²) in [6.45, 7) is 0.455. The first kappa shape index (κ1) is 12.4. The number of nitrogens with zero attached hydrogens (tertiary/aromatic N) is 2. The Hall–Kier alpha value is -1.07. The zero-order valence-corrected chi connectivity index (χ0v) is 10.5. The standard InChI is InChI=1S/C11H16ClN3O2/c1-17-8-9(12)14-7-15-10(8)13-6-11(16)4-2-3-5-11/h7,16H,2-6H2,1H3,(H,13,14,15). The molecular formula is C11H16ClN3O2. The normalized spacial score (nSPS) is 18.1. The number of hydrogen-bond donors (Lipinski definition) is 2. The summed E-state index contributed by atoms with van der Waals surface area (Å²) in [7, 11) is 1.51. The van der Waals surface area contributed by atoms with E-state index in [1.54, 1.807) is 0 Å². The molecule has 0 spiro atoms. The Morgan fingerprint density at radius 1 is 1.47 bits per heavy atom. The minimum absolute atomic E-state index is 0.267. The van der Waals surface area contributed by atoms with E-state index < -0.39 is 5.60 Å². The first-order valence-electron chi connectivity index (χ1n) is 5.65. The third kappa shape index (κ3) is 2.79. The second-order valence-corrected chi connectivity index (χ2v) is 4.69. The fourth-order valence-electron chi connectivity index (χ4n) is 2.12. The summed E-state index contributed by atoms with van der Waals surface area (Å²) in [5.74, 6) is 0.934. The maximum absolute atomic E-state index is 10.2. The molecule has 1 aromatic heterocycles. The fourth-order valence-corrected chi connectivity index (χ4v) is 2.33. The SMILES string of the molecule is COc1c(Cl)ncnc1NCC1(O)CCCC1. The molecule has 0 amide bonds. The molecule has 17 heavy (non-hydrogen) atoms. The van der Waals surface area contributed by atoms with E-state index in [9.17, 15) is 5.11 Å². The summed E-state index contributed by atoms with van der Waals surface area (Å²) in [5, 5.41) is 13.5. The lowest BCUT2D eigenvalue weighted by Crippen LogP contribution is -2.33. The number of aromatic nitrogens is 2. The Morgan fingerprint density at radius 3 is 2.82 bits per heavy atom. The quantitative estimate of drug-likeness (QED) is 0.806. The van der Waals surface area contributed by atoms with Gasteiger partial charge in [0.2, 0.25) is 0 Å². The first-order valence-corrected chi connectivity index (χ1v) is 6.03. The minimum atomic E-state index is -0.636. The zero-order chi connectivity index (χ0) is 12.3. The van der Waals surface area contributed by atoms with Crippen LogP contribution >= 0.6 is 11.6 Å². The minimum Gasteiger partial charge on any atom is -0.490 e. The summed E-state index contributed by atoms with van der Waals surface area (Å²) in [5.41, 5.74) is -0.636. The molecule has 1 aliphatic rings. The van der Waals surface area contributed by atoms with Crippen LogP contribution in [0.15, 0.2) is 6.33 Å². The van der Waals surface area contributed by atoms with Crippen LogP contribution in [0.3, 0.4) is 0 Å². The van der Waals surface area contributed by atoms with Crippen molar-refractivity contribution < 1.29 is 9.84 Å². The number of nitrogens with one attached hydrogen (secondary N) is 1. The van der Waals surface area contributed by atoms with Crippen LogP contribution in [-0.4, -0.2) is 34.3 Å². The van der Waals surface area contributed by atoms with Crippen molar-refractivity contribution in [1.29, 1.82) is 0 Å². The Morgan fingerprint density at radius 2 is 2.18 bits per heavy atom. The molecule has 1 aromatic rings. The van der Waals surface area contributed by atoms with E-state index in [4.69, 9.17) is 16.3 Å². The summed E-state index contributed by atoms with van der Waals surface area (Å²) in [4.78, 5) is 7.89. The third-order valence-electron chi connectivity index (χ3n) is 3.08. The molecule has 1 aliphatic carbocycles. The molecule has 0 bridgehead atoms. The van der Waals surface area contributed by atoms with Gasteiger partial charge < -0.3 is 15.2 Å². The summed E-state index contributed by atoms with van der Waals surface area (Å²) >= 11 is 5.88. The first-order chi connectivity index (χ1) is 8.14. The van der Waals surface area contributed by atoms with Crippen LogP contribution in [0.1, 0.15) is 25.7 Å². The monoisotopic (exact) mass is 257 g/mol. The van der Waals surface area contributed by atoms with E-state index in [1.807, 2.05) is 0 Å². The molecule has 1 fully saturated rings. The van der Waals surface area contributed by atoms with Gasteiger partial charge in [0.1, 0.15) is 6.33 Å². The molecule has 2 N–H and O–H groups in total. The van der Waals surface area contributed by atoms with Gasteiger partial charge in [0.15, 0.2) is 16.7 Å². The Kier molecular flexibility index (Phi) is 3.69. The molecule has 6 heteroatoms. The Labute approximate surface area is 105 Å². The molecule has 0 saturated heterocycles. The summed E-state index contributed by atoms with van der Waals surface area (Å²) in [6, 6.07) is 0. The number of methoxy groups -OCH3 is 1. The van der Waals surface area contributed by atoms with Gasteiger partial charge in [-0.25, -0.2) is 9.97 Å². The van der Waals surface area contributed by atoms with Gasteiger partial charge in [-0.2, -0.15) is 0 Å². The van der Waals surface area contributed by atoms with Gasteiger partial charge in [-0.1, -0.05) is 24.4 Å². The van der Waals surface area contributed by atoms with Gasteiger partial charge >= 0.3 is 0 Å². The van der Waals surface area contributed by atoms with Gasteiger partial charge in [0.05, 0.1) is 12.7 Å². The molecule has 5 nitrogen and oxygen atoms in total. The molecule has 2 rings (SSSR count). The number of aliphatic hydroxyl groups is 1. The van der Waals surface area contributed by atoms with E-state index >= 15 is 0 Å². The number of ether oxygens (including phenoxy) is 1. The van der Waals surface area contributed by atoms with Crippen molar-refractivity contribution in [2.24, 2.45) is 0 Å². The van der Waals surface area contributed by atoms with Crippen LogP contribution in [-0.2, 0) is 0 Å². The number of halogens is 1. The molecule has 0 unspecified atom stereocenters. The topological polar surface area (TPSA) is 67.3 Å². The maximum atomic E-state index is 10.2. The van der Waals surface area contributed by atoms with E-state index in [0.29, 0.717) is 18.1 Å². The third-order valence-corrected chi connectivity index (χ3v) is 3.35. The number of hydrogen-bond acceptors (Lipinski definition) is 5.